The Morgan fingerprint density at radius 3 is 2.50 bits per heavy atom. The van der Waals surface area contributed by atoms with Crippen molar-refractivity contribution in [1.29, 1.82) is 0 Å². The molecule has 0 bridgehead atoms. The number of hydrogen-bond acceptors (Lipinski definition) is 4. The second kappa shape index (κ2) is 7.18. The molecule has 1 aromatic carbocycles. The molecule has 0 radical (unpaired) electrons. The van der Waals surface area contributed by atoms with Crippen molar-refractivity contribution >= 4 is 40.9 Å². The summed E-state index contributed by atoms with van der Waals surface area (Å²) < 4.78 is 6.85. The molecule has 3 atom stereocenters. The highest BCUT2D eigenvalue weighted by Gasteiger charge is 2.41. The van der Waals surface area contributed by atoms with E-state index < -0.39 is 0 Å². The quantitative estimate of drug-likeness (QED) is 0.755. The number of ether oxygens (including phenoxy) is 1. The molecule has 1 aliphatic carbocycles. The van der Waals surface area contributed by atoms with Crippen molar-refractivity contribution in [3.05, 3.63) is 39.6 Å². The van der Waals surface area contributed by atoms with Gasteiger partial charge in [-0.3, -0.25) is 0 Å². The Hall–Kier alpha value is -0.850. The molecular weight excluding hydrogens is 356 g/mol. The average Bonchev–Trinajstić information content (AvgIpc) is 3.15. The number of benzene rings is 1. The van der Waals surface area contributed by atoms with Crippen molar-refractivity contribution in [3.8, 4) is 5.75 Å². The standard InChI is InChI=1S/C18H22N2OS3/c1-21-12-7-5-11(6-8-12)15-13-3-2-4-14(17-23-9-10-24-17)16(13)20-18(22)19-15/h5-8,13,15-16H,2-4,9-10H2,1H3,(H2,19,20,22)/t13-,15-,16-/m0/s1. The van der Waals surface area contributed by atoms with Crippen LogP contribution in [0, 0.1) is 5.92 Å². The molecule has 2 heterocycles. The molecule has 0 amide bonds. The fourth-order valence-corrected chi connectivity index (χ4v) is 6.91. The number of nitrogens with one attached hydrogen (secondary N) is 2. The van der Waals surface area contributed by atoms with Crippen molar-refractivity contribution < 1.29 is 4.74 Å². The molecule has 24 heavy (non-hydrogen) atoms. The number of thiocarbonyl (C=S) groups is 1. The van der Waals surface area contributed by atoms with Gasteiger partial charge in [0.2, 0.25) is 0 Å². The maximum Gasteiger partial charge on any atom is 0.167 e. The summed E-state index contributed by atoms with van der Waals surface area (Å²) in [4.78, 5) is 0. The Bertz CT molecular complexity index is 651. The SMILES string of the molecule is COc1ccc([C@@H]2NC(=S)N[C@@H]3C(=C4SCCS4)CCC[C@H]32)cc1. The summed E-state index contributed by atoms with van der Waals surface area (Å²) in [5.74, 6) is 3.93. The monoisotopic (exact) mass is 378 g/mol. The first-order valence-corrected chi connectivity index (χ1v) is 10.8. The van der Waals surface area contributed by atoms with Crippen LogP contribution in [-0.2, 0) is 0 Å². The Morgan fingerprint density at radius 1 is 1.08 bits per heavy atom. The van der Waals surface area contributed by atoms with Crippen LogP contribution in [0.4, 0.5) is 0 Å². The summed E-state index contributed by atoms with van der Waals surface area (Å²) in [6.07, 6.45) is 3.71. The molecule has 0 spiro atoms. The second-order valence-corrected chi connectivity index (χ2v) is 9.29. The van der Waals surface area contributed by atoms with Gasteiger partial charge in [0.15, 0.2) is 5.11 Å². The van der Waals surface area contributed by atoms with Crippen molar-refractivity contribution in [2.24, 2.45) is 5.92 Å². The van der Waals surface area contributed by atoms with Crippen LogP contribution in [0.1, 0.15) is 30.9 Å². The van der Waals surface area contributed by atoms with E-state index in [9.17, 15) is 0 Å². The first kappa shape index (κ1) is 16.6. The van der Waals surface area contributed by atoms with Crippen LogP contribution in [0.2, 0.25) is 0 Å². The molecule has 1 saturated carbocycles. The first-order valence-electron chi connectivity index (χ1n) is 8.46. The third-order valence-electron chi connectivity index (χ3n) is 5.08. The van der Waals surface area contributed by atoms with E-state index in [1.54, 1.807) is 16.9 Å². The van der Waals surface area contributed by atoms with Crippen molar-refractivity contribution in [2.75, 3.05) is 18.6 Å². The molecule has 0 aromatic heterocycles. The lowest BCUT2D eigenvalue weighted by Gasteiger charge is -2.45. The zero-order chi connectivity index (χ0) is 16.5. The molecule has 2 saturated heterocycles. The zero-order valence-electron chi connectivity index (χ0n) is 13.7. The van der Waals surface area contributed by atoms with Crippen LogP contribution in [0.3, 0.4) is 0 Å². The van der Waals surface area contributed by atoms with E-state index in [0.29, 0.717) is 12.0 Å². The van der Waals surface area contributed by atoms with E-state index in [-0.39, 0.29) is 6.04 Å². The van der Waals surface area contributed by atoms with E-state index in [2.05, 4.69) is 22.8 Å². The number of fused-ring (bicyclic) bond motifs is 1. The summed E-state index contributed by atoms with van der Waals surface area (Å²) in [6.45, 7) is 0. The number of hydrogen-bond donors (Lipinski definition) is 2. The molecule has 4 rings (SSSR count). The maximum absolute atomic E-state index is 5.54. The van der Waals surface area contributed by atoms with Gasteiger partial charge >= 0.3 is 0 Å². The Balaban J connectivity index is 1.65. The Labute approximate surface area is 157 Å². The van der Waals surface area contributed by atoms with Gasteiger partial charge < -0.3 is 15.4 Å². The lowest BCUT2D eigenvalue weighted by Crippen LogP contribution is -2.58. The molecule has 3 aliphatic rings. The first-order chi connectivity index (χ1) is 11.8. The topological polar surface area (TPSA) is 33.3 Å². The number of methoxy groups -OCH3 is 1. The van der Waals surface area contributed by atoms with Gasteiger partial charge in [-0.15, -0.1) is 23.5 Å². The van der Waals surface area contributed by atoms with Gasteiger partial charge in [0.05, 0.1) is 19.2 Å². The zero-order valence-corrected chi connectivity index (χ0v) is 16.2. The highest BCUT2D eigenvalue weighted by atomic mass is 32.2. The van der Waals surface area contributed by atoms with E-state index >= 15 is 0 Å². The minimum atomic E-state index is 0.280. The summed E-state index contributed by atoms with van der Waals surface area (Å²) in [7, 11) is 1.71. The van der Waals surface area contributed by atoms with Crippen LogP contribution in [0.5, 0.6) is 5.75 Å². The molecule has 128 valence electrons. The van der Waals surface area contributed by atoms with Crippen LogP contribution in [0.15, 0.2) is 34.1 Å². The number of thioether (sulfide) groups is 2. The molecular formula is C18H22N2OS3. The van der Waals surface area contributed by atoms with E-state index in [1.807, 2.05) is 35.7 Å². The van der Waals surface area contributed by atoms with Crippen molar-refractivity contribution in [2.45, 2.75) is 31.3 Å². The van der Waals surface area contributed by atoms with E-state index in [4.69, 9.17) is 17.0 Å². The van der Waals surface area contributed by atoms with Gasteiger partial charge in [0.25, 0.3) is 0 Å². The Morgan fingerprint density at radius 2 is 1.79 bits per heavy atom. The summed E-state index contributed by atoms with van der Waals surface area (Å²) in [6, 6.07) is 9.09. The van der Waals surface area contributed by atoms with Gasteiger partial charge in [-0.2, -0.15) is 0 Å². The van der Waals surface area contributed by atoms with E-state index in [0.717, 1.165) is 10.9 Å². The molecule has 3 nitrogen and oxygen atoms in total. The normalized spacial score (nSPS) is 29.7. The smallest absolute Gasteiger partial charge is 0.167 e. The third kappa shape index (κ3) is 3.16. The van der Waals surface area contributed by atoms with Gasteiger partial charge in [-0.1, -0.05) is 12.1 Å². The predicted molar refractivity (Wildman–Crippen MR) is 108 cm³/mol. The van der Waals surface area contributed by atoms with Crippen LogP contribution >= 0.6 is 35.7 Å². The summed E-state index contributed by atoms with van der Waals surface area (Å²) >= 11 is 9.60. The van der Waals surface area contributed by atoms with Crippen LogP contribution in [0.25, 0.3) is 0 Å². The molecule has 6 heteroatoms. The Kier molecular flexibility index (Phi) is 4.97. The van der Waals surface area contributed by atoms with Crippen molar-refractivity contribution in [1.82, 2.24) is 10.6 Å². The molecule has 3 fully saturated rings. The summed E-state index contributed by atoms with van der Waals surface area (Å²) in [5.41, 5.74) is 2.90. The minimum Gasteiger partial charge on any atom is -0.497 e. The molecule has 2 aliphatic heterocycles. The average molecular weight is 379 g/mol. The molecule has 2 N–H and O–H groups in total. The fraction of sp³-hybridized carbons (Fsp3) is 0.500. The van der Waals surface area contributed by atoms with Crippen LogP contribution < -0.4 is 15.4 Å². The van der Waals surface area contributed by atoms with Crippen molar-refractivity contribution in [3.63, 3.8) is 0 Å². The highest BCUT2D eigenvalue weighted by Crippen LogP contribution is 2.47. The predicted octanol–water partition coefficient (Wildman–Crippen LogP) is 4.07. The molecule has 0 unspecified atom stereocenters. The van der Waals surface area contributed by atoms with Gasteiger partial charge in [0, 0.05) is 21.7 Å². The van der Waals surface area contributed by atoms with Gasteiger partial charge in [-0.05, 0) is 54.7 Å². The molecule has 1 aromatic rings. The lowest BCUT2D eigenvalue weighted by atomic mass is 9.74. The largest absolute Gasteiger partial charge is 0.497 e. The van der Waals surface area contributed by atoms with Gasteiger partial charge in [-0.25, -0.2) is 0 Å². The lowest BCUT2D eigenvalue weighted by molar-refractivity contribution is 0.259. The highest BCUT2D eigenvalue weighted by molar-refractivity contribution is 8.25. The fourth-order valence-electron chi connectivity index (χ4n) is 3.96. The van der Waals surface area contributed by atoms with Crippen LogP contribution in [-0.4, -0.2) is 29.8 Å². The third-order valence-corrected chi connectivity index (χ3v) is 8.14. The number of rotatable bonds is 2. The van der Waals surface area contributed by atoms with E-state index in [1.165, 1.54) is 36.3 Å². The minimum absolute atomic E-state index is 0.280. The second-order valence-electron chi connectivity index (χ2n) is 6.41. The van der Waals surface area contributed by atoms with Gasteiger partial charge in [0.1, 0.15) is 5.75 Å². The maximum atomic E-state index is 5.54. The summed E-state index contributed by atoms with van der Waals surface area (Å²) in [5, 5.41) is 7.88.